The normalized spacial score (nSPS) is 13.0. The van der Waals surface area contributed by atoms with Gasteiger partial charge in [-0.05, 0) is 66.0 Å². The molecule has 3 heteroatoms. The molecule has 0 radical (unpaired) electrons. The van der Waals surface area contributed by atoms with Crippen molar-refractivity contribution < 1.29 is 4.74 Å². The maximum absolute atomic E-state index is 6.61. The number of pyridine rings is 1. The minimum absolute atomic E-state index is 0.0348. The minimum Gasteiger partial charge on any atom is -0.492 e. The second kappa shape index (κ2) is 16.6. The molecule has 2 atom stereocenters. The highest BCUT2D eigenvalue weighted by Gasteiger charge is 2.15. The molecule has 38 heavy (non-hydrogen) atoms. The van der Waals surface area contributed by atoms with Gasteiger partial charge < -0.3 is 4.74 Å². The van der Waals surface area contributed by atoms with E-state index in [-0.39, 0.29) is 5.38 Å². The molecule has 1 aromatic heterocycles. The number of aromatic nitrogens is 1. The smallest absolute Gasteiger partial charge is 0.119 e. The van der Waals surface area contributed by atoms with E-state index in [4.69, 9.17) is 21.3 Å². The van der Waals surface area contributed by atoms with Gasteiger partial charge in [-0.1, -0.05) is 115 Å². The summed E-state index contributed by atoms with van der Waals surface area (Å²) in [7, 11) is 0. The van der Waals surface area contributed by atoms with Crippen LogP contribution >= 0.6 is 11.6 Å². The van der Waals surface area contributed by atoms with E-state index in [0.717, 1.165) is 35.8 Å². The van der Waals surface area contributed by atoms with Crippen molar-refractivity contribution in [1.82, 2.24) is 4.98 Å². The number of unbranched alkanes of at least 4 members (excludes halogenated alkanes) is 5. The van der Waals surface area contributed by atoms with Gasteiger partial charge in [0.2, 0.25) is 0 Å². The Kier molecular flexibility index (Phi) is 13.2. The Labute approximate surface area is 237 Å². The fourth-order valence-electron chi connectivity index (χ4n) is 4.80. The Bertz CT molecular complexity index is 1030. The molecule has 3 aromatic rings. The summed E-state index contributed by atoms with van der Waals surface area (Å²) in [4.78, 5) is 4.73. The molecule has 2 nitrogen and oxygen atoms in total. The van der Waals surface area contributed by atoms with E-state index >= 15 is 0 Å². The summed E-state index contributed by atoms with van der Waals surface area (Å²) in [6, 6.07) is 21.4. The van der Waals surface area contributed by atoms with Crippen LogP contribution in [0, 0.1) is 11.8 Å². The molecule has 2 unspecified atom stereocenters. The third kappa shape index (κ3) is 10.4. The standard InChI is InChI=1S/C35H48ClNO/c1-5-6-7-8-9-10-14-29-15-24-35(37-25-29)32-18-16-30(17-19-32)31-20-22-33(23-21-31)38-26-34(36)28(4)13-11-12-27(2)3/h15-25,27-28,34H,5-14,26H2,1-4H3. The summed E-state index contributed by atoms with van der Waals surface area (Å²) >= 11 is 6.61. The number of halogens is 1. The third-order valence-corrected chi connectivity index (χ3v) is 8.04. The van der Waals surface area contributed by atoms with Crippen LogP contribution in [0.4, 0.5) is 0 Å². The number of ether oxygens (including phenoxy) is 1. The van der Waals surface area contributed by atoms with Crippen molar-refractivity contribution in [3.8, 4) is 28.1 Å². The van der Waals surface area contributed by atoms with Crippen molar-refractivity contribution in [1.29, 1.82) is 0 Å². The molecule has 1 heterocycles. The summed E-state index contributed by atoms with van der Waals surface area (Å²) in [6.45, 7) is 9.59. The van der Waals surface area contributed by atoms with Gasteiger partial charge in [0.25, 0.3) is 0 Å². The van der Waals surface area contributed by atoms with Gasteiger partial charge in [-0.25, -0.2) is 0 Å². The van der Waals surface area contributed by atoms with Gasteiger partial charge in [-0.3, -0.25) is 4.98 Å². The van der Waals surface area contributed by atoms with Crippen molar-refractivity contribution in [3.63, 3.8) is 0 Å². The Morgan fingerprint density at radius 1 is 0.711 bits per heavy atom. The summed E-state index contributed by atoms with van der Waals surface area (Å²) in [5.74, 6) is 2.08. The monoisotopic (exact) mass is 533 g/mol. The molecule has 0 saturated carbocycles. The van der Waals surface area contributed by atoms with Crippen LogP contribution in [-0.4, -0.2) is 17.0 Å². The predicted octanol–water partition coefficient (Wildman–Crippen LogP) is 10.8. The van der Waals surface area contributed by atoms with Gasteiger partial charge >= 0.3 is 0 Å². The van der Waals surface area contributed by atoms with Crippen LogP contribution < -0.4 is 4.74 Å². The van der Waals surface area contributed by atoms with Crippen molar-refractivity contribution in [3.05, 3.63) is 72.4 Å². The first-order valence-electron chi connectivity index (χ1n) is 14.9. The lowest BCUT2D eigenvalue weighted by atomic mass is 9.97. The molecular weight excluding hydrogens is 486 g/mol. The molecule has 2 aromatic carbocycles. The molecule has 0 fully saturated rings. The number of benzene rings is 2. The fraction of sp³-hybridized carbons (Fsp3) is 0.514. The zero-order valence-corrected chi connectivity index (χ0v) is 24.9. The van der Waals surface area contributed by atoms with Crippen LogP contribution in [0.15, 0.2) is 66.9 Å². The second-order valence-corrected chi connectivity index (χ2v) is 11.9. The highest BCUT2D eigenvalue weighted by atomic mass is 35.5. The minimum atomic E-state index is 0.0348. The van der Waals surface area contributed by atoms with E-state index in [1.54, 1.807) is 0 Å². The van der Waals surface area contributed by atoms with Crippen molar-refractivity contribution in [2.75, 3.05) is 6.61 Å². The molecule has 0 saturated heterocycles. The van der Waals surface area contributed by atoms with Crippen molar-refractivity contribution in [2.24, 2.45) is 11.8 Å². The van der Waals surface area contributed by atoms with E-state index in [2.05, 4.69) is 76.2 Å². The topological polar surface area (TPSA) is 22.1 Å². The van der Waals surface area contributed by atoms with Gasteiger partial charge in [0, 0.05) is 11.8 Å². The van der Waals surface area contributed by atoms with Gasteiger partial charge in [-0.15, -0.1) is 11.6 Å². The molecule has 0 aliphatic heterocycles. The van der Waals surface area contributed by atoms with Crippen molar-refractivity contribution >= 4 is 11.6 Å². The molecule has 0 N–H and O–H groups in total. The molecular formula is C35H48ClNO. The maximum atomic E-state index is 6.61. The number of hydrogen-bond donors (Lipinski definition) is 0. The highest BCUT2D eigenvalue weighted by molar-refractivity contribution is 6.20. The first-order valence-corrected chi connectivity index (χ1v) is 15.3. The third-order valence-electron chi connectivity index (χ3n) is 7.48. The SMILES string of the molecule is CCCCCCCCc1ccc(-c2ccc(-c3ccc(OCC(Cl)C(C)CCCC(C)C)cc3)cc2)nc1. The summed E-state index contributed by atoms with van der Waals surface area (Å²) in [6.07, 6.45) is 14.8. The first kappa shape index (κ1) is 30.2. The van der Waals surface area contributed by atoms with E-state index in [9.17, 15) is 0 Å². The molecule has 0 aliphatic carbocycles. The zero-order chi connectivity index (χ0) is 27.2. The highest BCUT2D eigenvalue weighted by Crippen LogP contribution is 2.27. The molecule has 206 valence electrons. The van der Waals surface area contributed by atoms with E-state index in [1.807, 2.05) is 18.3 Å². The largest absolute Gasteiger partial charge is 0.492 e. The fourth-order valence-corrected chi connectivity index (χ4v) is 4.99. The predicted molar refractivity (Wildman–Crippen MR) is 165 cm³/mol. The van der Waals surface area contributed by atoms with Crippen LogP contribution in [0.3, 0.4) is 0 Å². The van der Waals surface area contributed by atoms with Crippen molar-refractivity contribution in [2.45, 2.75) is 97.3 Å². The summed E-state index contributed by atoms with van der Waals surface area (Å²) in [5, 5.41) is 0.0348. The molecule has 0 aliphatic rings. The average molecular weight is 534 g/mol. The van der Waals surface area contributed by atoms with Gasteiger partial charge in [-0.2, -0.15) is 0 Å². The lowest BCUT2D eigenvalue weighted by molar-refractivity contribution is 0.280. The molecule has 0 spiro atoms. The lowest BCUT2D eigenvalue weighted by Crippen LogP contribution is -2.20. The quantitative estimate of drug-likeness (QED) is 0.127. The Hall–Kier alpha value is -2.32. The van der Waals surface area contributed by atoms with Crippen LogP contribution in [0.2, 0.25) is 0 Å². The van der Waals surface area contributed by atoms with E-state index < -0.39 is 0 Å². The average Bonchev–Trinajstić information content (AvgIpc) is 2.94. The van der Waals surface area contributed by atoms with Crippen LogP contribution in [-0.2, 0) is 6.42 Å². The summed E-state index contributed by atoms with van der Waals surface area (Å²) in [5.41, 5.74) is 5.88. The molecule has 0 bridgehead atoms. The van der Waals surface area contributed by atoms with Gasteiger partial charge in [0.05, 0.1) is 11.1 Å². The summed E-state index contributed by atoms with van der Waals surface area (Å²) < 4.78 is 6.00. The number of alkyl halides is 1. The van der Waals surface area contributed by atoms with Crippen LogP contribution in [0.25, 0.3) is 22.4 Å². The van der Waals surface area contributed by atoms with Crippen LogP contribution in [0.1, 0.15) is 91.0 Å². The first-order chi connectivity index (χ1) is 18.5. The van der Waals surface area contributed by atoms with E-state index in [1.165, 1.54) is 68.1 Å². The Morgan fingerprint density at radius 3 is 1.97 bits per heavy atom. The molecule has 0 amide bonds. The Morgan fingerprint density at radius 2 is 1.34 bits per heavy atom. The number of aryl methyl sites for hydroxylation is 1. The van der Waals surface area contributed by atoms with Gasteiger partial charge in [0.1, 0.15) is 12.4 Å². The maximum Gasteiger partial charge on any atom is 0.119 e. The van der Waals surface area contributed by atoms with E-state index in [0.29, 0.717) is 12.5 Å². The van der Waals surface area contributed by atoms with Gasteiger partial charge in [0.15, 0.2) is 0 Å². The lowest BCUT2D eigenvalue weighted by Gasteiger charge is -2.19. The Balaban J connectivity index is 1.46. The number of nitrogens with zero attached hydrogens (tertiary/aromatic N) is 1. The van der Waals surface area contributed by atoms with Crippen LogP contribution in [0.5, 0.6) is 5.75 Å². The zero-order valence-electron chi connectivity index (χ0n) is 24.1. The molecule has 3 rings (SSSR count). The number of rotatable bonds is 17. The number of hydrogen-bond acceptors (Lipinski definition) is 2. The second-order valence-electron chi connectivity index (χ2n) is 11.3.